The van der Waals surface area contributed by atoms with Crippen LogP contribution < -0.4 is 15.1 Å². The van der Waals surface area contributed by atoms with Gasteiger partial charge in [0.2, 0.25) is 0 Å². The second kappa shape index (κ2) is 10.3. The predicted molar refractivity (Wildman–Crippen MR) is 140 cm³/mol. The second-order valence-electron chi connectivity index (χ2n) is 8.74. The van der Waals surface area contributed by atoms with Crippen LogP contribution in [0.25, 0.3) is 11.1 Å². The number of thiazole rings is 1. The Balaban J connectivity index is 1.24. The number of nitrogens with one attached hydrogen (secondary N) is 1. The van der Waals surface area contributed by atoms with Crippen LogP contribution in [0.5, 0.6) is 0 Å². The number of aromatic nitrogens is 2. The molecule has 5 rings (SSSR count). The molecule has 0 bridgehead atoms. The number of terminal acetylenes is 1. The van der Waals surface area contributed by atoms with E-state index in [1.165, 1.54) is 29.9 Å². The van der Waals surface area contributed by atoms with Gasteiger partial charge in [-0.25, -0.2) is 14.8 Å². The Hall–Kier alpha value is -3.61. The molecule has 35 heavy (non-hydrogen) atoms. The number of nitrogens with zero attached hydrogens (tertiary/aromatic N) is 5. The maximum atomic E-state index is 12.8. The number of anilines is 3. The van der Waals surface area contributed by atoms with Gasteiger partial charge in [-0.3, -0.25) is 5.32 Å². The average molecular weight is 489 g/mol. The summed E-state index contributed by atoms with van der Waals surface area (Å²) in [6.07, 6.45) is 9.76. The van der Waals surface area contributed by atoms with Crippen LogP contribution in [0.4, 0.5) is 22.1 Å². The lowest BCUT2D eigenvalue weighted by molar-refractivity contribution is 0.132. The zero-order valence-corrected chi connectivity index (χ0v) is 20.2. The highest BCUT2D eigenvalue weighted by Gasteiger charge is 2.31. The molecule has 0 spiro atoms. The number of urea groups is 1. The van der Waals surface area contributed by atoms with Crippen molar-refractivity contribution in [3.63, 3.8) is 0 Å². The largest absolute Gasteiger partial charge is 0.394 e. The molecule has 0 saturated carbocycles. The van der Waals surface area contributed by atoms with Crippen LogP contribution in [0.1, 0.15) is 17.8 Å². The summed E-state index contributed by atoms with van der Waals surface area (Å²) in [7, 11) is 0. The number of aliphatic hydroxyl groups excluding tert-OH is 1. The minimum Gasteiger partial charge on any atom is -0.394 e. The molecule has 4 heterocycles. The highest BCUT2D eigenvalue weighted by molar-refractivity contribution is 7.10. The molecule has 2 aliphatic rings. The molecule has 0 unspecified atom stereocenters. The number of carbonyl (C=O) groups is 1. The van der Waals surface area contributed by atoms with Gasteiger partial charge >= 0.3 is 6.03 Å². The molecule has 1 atom stereocenters. The van der Waals surface area contributed by atoms with Crippen molar-refractivity contribution >= 4 is 34.7 Å². The zero-order valence-electron chi connectivity index (χ0n) is 19.4. The van der Waals surface area contributed by atoms with E-state index < -0.39 is 0 Å². The first-order valence-corrected chi connectivity index (χ1v) is 12.7. The van der Waals surface area contributed by atoms with Crippen molar-refractivity contribution in [1.29, 1.82) is 0 Å². The van der Waals surface area contributed by atoms with Crippen molar-refractivity contribution in [1.82, 2.24) is 14.9 Å². The highest BCUT2D eigenvalue weighted by Crippen LogP contribution is 2.28. The molecule has 2 amide bonds. The van der Waals surface area contributed by atoms with E-state index in [-0.39, 0.29) is 18.7 Å². The Bertz CT molecular complexity index is 1220. The third-order valence-electron chi connectivity index (χ3n) is 6.54. The van der Waals surface area contributed by atoms with Gasteiger partial charge in [0.05, 0.1) is 12.6 Å². The van der Waals surface area contributed by atoms with E-state index in [0.29, 0.717) is 30.5 Å². The average Bonchev–Trinajstić information content (AvgIpc) is 3.61. The minimum absolute atomic E-state index is 0.141. The summed E-state index contributed by atoms with van der Waals surface area (Å²) < 4.78 is 0. The van der Waals surface area contributed by atoms with E-state index in [1.807, 2.05) is 12.3 Å². The number of piperazine rings is 1. The van der Waals surface area contributed by atoms with Crippen molar-refractivity contribution in [2.75, 3.05) is 54.4 Å². The number of hydrogen-bond donors (Lipinski definition) is 2. The number of amides is 2. The van der Waals surface area contributed by atoms with E-state index in [9.17, 15) is 9.90 Å². The number of hydrogen-bond acceptors (Lipinski definition) is 7. The molecule has 9 heteroatoms. The third kappa shape index (κ3) is 5.09. The molecule has 180 valence electrons. The Morgan fingerprint density at radius 2 is 2.00 bits per heavy atom. The Morgan fingerprint density at radius 3 is 2.71 bits per heavy atom. The van der Waals surface area contributed by atoms with E-state index in [1.54, 1.807) is 10.3 Å². The van der Waals surface area contributed by atoms with Crippen molar-refractivity contribution in [2.24, 2.45) is 0 Å². The van der Waals surface area contributed by atoms with E-state index in [0.717, 1.165) is 30.0 Å². The smallest absolute Gasteiger partial charge is 0.323 e. The molecule has 0 radical (unpaired) electrons. The third-order valence-corrected chi connectivity index (χ3v) is 7.31. The molecule has 2 saturated heterocycles. The fourth-order valence-electron chi connectivity index (χ4n) is 4.67. The van der Waals surface area contributed by atoms with Crippen molar-refractivity contribution in [2.45, 2.75) is 18.9 Å². The Morgan fingerprint density at radius 1 is 1.14 bits per heavy atom. The lowest BCUT2D eigenvalue weighted by Gasteiger charge is -2.41. The number of benzene rings is 1. The molecular weight excluding hydrogens is 460 g/mol. The molecule has 1 aromatic carbocycles. The van der Waals surface area contributed by atoms with Crippen molar-refractivity contribution in [3.8, 4) is 23.5 Å². The van der Waals surface area contributed by atoms with Crippen LogP contribution in [0.3, 0.4) is 0 Å². The summed E-state index contributed by atoms with van der Waals surface area (Å²) in [4.78, 5) is 27.8. The minimum atomic E-state index is -0.354. The van der Waals surface area contributed by atoms with E-state index >= 15 is 0 Å². The van der Waals surface area contributed by atoms with Crippen LogP contribution in [-0.4, -0.2) is 71.4 Å². The summed E-state index contributed by atoms with van der Waals surface area (Å²) in [6, 6.07) is 12.1. The maximum Gasteiger partial charge on any atom is 0.323 e. The highest BCUT2D eigenvalue weighted by atomic mass is 32.1. The van der Waals surface area contributed by atoms with Crippen LogP contribution >= 0.6 is 11.3 Å². The second-order valence-corrected chi connectivity index (χ2v) is 9.60. The fourth-order valence-corrected chi connectivity index (χ4v) is 5.22. The normalized spacial score (nSPS) is 17.9. The summed E-state index contributed by atoms with van der Waals surface area (Å²) >= 11 is 1.30. The first kappa shape index (κ1) is 23.1. The van der Waals surface area contributed by atoms with Gasteiger partial charge in [0.25, 0.3) is 0 Å². The fraction of sp³-hybridized carbons (Fsp3) is 0.346. The monoisotopic (exact) mass is 488 g/mol. The molecule has 0 aliphatic carbocycles. The van der Waals surface area contributed by atoms with E-state index in [4.69, 9.17) is 11.4 Å². The summed E-state index contributed by atoms with van der Waals surface area (Å²) in [5, 5.41) is 15.0. The molecule has 2 aromatic heterocycles. The molecule has 3 aromatic rings. The van der Waals surface area contributed by atoms with E-state index in [2.05, 4.69) is 56.4 Å². The topological polar surface area (TPSA) is 84.8 Å². The molecule has 2 aliphatic heterocycles. The lowest BCUT2D eigenvalue weighted by Crippen LogP contribution is -2.58. The summed E-state index contributed by atoms with van der Waals surface area (Å²) in [5.41, 5.74) is 3.48. The quantitative estimate of drug-likeness (QED) is 0.535. The van der Waals surface area contributed by atoms with Gasteiger partial charge in [-0.2, -0.15) is 0 Å². The maximum absolute atomic E-state index is 12.8. The first-order valence-electron chi connectivity index (χ1n) is 11.8. The summed E-state index contributed by atoms with van der Waals surface area (Å²) in [6.45, 7) is 3.67. The van der Waals surface area contributed by atoms with Gasteiger partial charge in [-0.05, 0) is 48.6 Å². The van der Waals surface area contributed by atoms with Gasteiger partial charge in [-0.15, -0.1) is 17.8 Å². The van der Waals surface area contributed by atoms with Crippen LogP contribution in [0.2, 0.25) is 0 Å². The SMILES string of the molecule is C#Cc1nc(NC(=O)N2CCN(c3ccc(-c4cccc(N5CCCC5)c4)cn3)C[C@@H]2CO)cs1. The molecule has 8 nitrogen and oxygen atoms in total. The van der Waals surface area contributed by atoms with Crippen LogP contribution in [0.15, 0.2) is 48.0 Å². The Kier molecular flexibility index (Phi) is 6.84. The number of carbonyl (C=O) groups excluding carboxylic acids is 1. The molecular formula is C26H28N6O2S. The first-order chi connectivity index (χ1) is 17.1. The van der Waals surface area contributed by atoms with Crippen molar-refractivity contribution < 1.29 is 9.90 Å². The standard InChI is InChI=1S/C26H28N6O2S/c1-2-25-28-23(18-35-25)29-26(34)32-13-12-31(16-22(32)17-33)24-9-8-20(15-27-24)19-6-5-7-21(14-19)30-10-3-4-11-30/h1,5-9,14-15,18,22,33H,3-4,10-13,16-17H2,(H,29,34)/t22-/m1/s1. The lowest BCUT2D eigenvalue weighted by atomic mass is 10.1. The van der Waals surface area contributed by atoms with Gasteiger partial charge in [-0.1, -0.05) is 12.1 Å². The van der Waals surface area contributed by atoms with Crippen LogP contribution in [0, 0.1) is 12.3 Å². The van der Waals surface area contributed by atoms with Gasteiger partial charge in [0, 0.05) is 55.6 Å². The number of rotatable bonds is 5. The molecule has 2 N–H and O–H groups in total. The van der Waals surface area contributed by atoms with Gasteiger partial charge in [0.1, 0.15) is 11.6 Å². The van der Waals surface area contributed by atoms with Gasteiger partial charge < -0.3 is 19.8 Å². The number of aliphatic hydroxyl groups is 1. The van der Waals surface area contributed by atoms with Crippen molar-refractivity contribution in [3.05, 3.63) is 53.0 Å². The zero-order chi connectivity index (χ0) is 24.2. The number of pyridine rings is 1. The summed E-state index contributed by atoms with van der Waals surface area (Å²) in [5.74, 6) is 3.72. The molecule has 2 fully saturated rings. The van der Waals surface area contributed by atoms with Gasteiger partial charge in [0.15, 0.2) is 5.01 Å². The predicted octanol–water partition coefficient (Wildman–Crippen LogP) is 3.50. The Labute approximate surface area is 209 Å². The van der Waals surface area contributed by atoms with Crippen LogP contribution in [-0.2, 0) is 0 Å².